The van der Waals surface area contributed by atoms with Crippen LogP contribution < -0.4 is 10.5 Å². The Labute approximate surface area is 137 Å². The lowest BCUT2D eigenvalue weighted by Crippen LogP contribution is -2.14. The van der Waals surface area contributed by atoms with Crippen LogP contribution in [0.4, 0.5) is 0 Å². The summed E-state index contributed by atoms with van der Waals surface area (Å²) in [5.74, 6) is 0.934. The van der Waals surface area contributed by atoms with Crippen LogP contribution in [-0.2, 0) is 0 Å². The number of aromatic nitrogens is 3. The van der Waals surface area contributed by atoms with Gasteiger partial charge in [-0.1, -0.05) is 6.92 Å². The van der Waals surface area contributed by atoms with Crippen molar-refractivity contribution in [2.24, 2.45) is 5.73 Å². The standard InChI is InChI=1S/C16H16N4O2S/c1-3-23-15-12(16(17)21)8-19-20-9-11(6-13(15)20)10-4-5-14(22-2)18-7-10/h4-9H,3H2,1-2H3,(H2,17,21). The molecule has 0 radical (unpaired) electrons. The summed E-state index contributed by atoms with van der Waals surface area (Å²) in [4.78, 5) is 16.7. The number of primary amides is 1. The van der Waals surface area contributed by atoms with Crippen LogP contribution in [0.2, 0.25) is 0 Å². The van der Waals surface area contributed by atoms with E-state index in [0.717, 1.165) is 27.3 Å². The third-order valence-corrected chi connectivity index (χ3v) is 4.43. The van der Waals surface area contributed by atoms with Crippen LogP contribution in [0.25, 0.3) is 16.6 Å². The highest BCUT2D eigenvalue weighted by atomic mass is 32.2. The zero-order valence-electron chi connectivity index (χ0n) is 12.8. The molecular formula is C16H16N4O2S. The molecule has 6 nitrogen and oxygen atoms in total. The Hall–Kier alpha value is -2.54. The van der Waals surface area contributed by atoms with Crippen molar-refractivity contribution in [3.05, 3.63) is 42.4 Å². The van der Waals surface area contributed by atoms with Gasteiger partial charge in [0, 0.05) is 34.5 Å². The van der Waals surface area contributed by atoms with Crippen molar-refractivity contribution < 1.29 is 9.53 Å². The van der Waals surface area contributed by atoms with Crippen molar-refractivity contribution in [3.8, 4) is 17.0 Å². The molecule has 0 unspecified atom stereocenters. The number of hydrogen-bond donors (Lipinski definition) is 1. The van der Waals surface area contributed by atoms with Gasteiger partial charge in [-0.05, 0) is 17.9 Å². The van der Waals surface area contributed by atoms with Gasteiger partial charge in [0.05, 0.1) is 24.4 Å². The fourth-order valence-electron chi connectivity index (χ4n) is 2.33. The molecule has 7 heteroatoms. The van der Waals surface area contributed by atoms with Gasteiger partial charge in [0.25, 0.3) is 5.91 Å². The zero-order chi connectivity index (χ0) is 16.4. The first-order valence-electron chi connectivity index (χ1n) is 7.08. The largest absolute Gasteiger partial charge is 0.481 e. The quantitative estimate of drug-likeness (QED) is 0.728. The first-order valence-corrected chi connectivity index (χ1v) is 8.07. The molecule has 0 spiro atoms. The number of methoxy groups -OCH3 is 1. The summed E-state index contributed by atoms with van der Waals surface area (Å²) in [7, 11) is 1.58. The van der Waals surface area contributed by atoms with E-state index < -0.39 is 5.91 Å². The van der Waals surface area contributed by atoms with Crippen LogP contribution >= 0.6 is 11.8 Å². The van der Waals surface area contributed by atoms with Gasteiger partial charge in [-0.2, -0.15) is 5.10 Å². The predicted octanol–water partition coefficient (Wildman–Crippen LogP) is 2.62. The normalized spacial score (nSPS) is 10.9. The van der Waals surface area contributed by atoms with Crippen molar-refractivity contribution in [2.75, 3.05) is 12.9 Å². The number of thioether (sulfide) groups is 1. The molecule has 0 bridgehead atoms. The summed E-state index contributed by atoms with van der Waals surface area (Å²) < 4.78 is 6.83. The van der Waals surface area contributed by atoms with Crippen molar-refractivity contribution >= 4 is 23.2 Å². The number of amides is 1. The summed E-state index contributed by atoms with van der Waals surface area (Å²) in [6, 6.07) is 5.73. The van der Waals surface area contributed by atoms with Crippen LogP contribution in [0.1, 0.15) is 17.3 Å². The van der Waals surface area contributed by atoms with Gasteiger partial charge in [0.1, 0.15) is 0 Å². The van der Waals surface area contributed by atoms with Crippen LogP contribution in [0.3, 0.4) is 0 Å². The van der Waals surface area contributed by atoms with E-state index in [4.69, 9.17) is 10.5 Å². The van der Waals surface area contributed by atoms with E-state index in [-0.39, 0.29) is 0 Å². The van der Waals surface area contributed by atoms with Crippen molar-refractivity contribution in [3.63, 3.8) is 0 Å². The van der Waals surface area contributed by atoms with Crippen LogP contribution in [-0.4, -0.2) is 33.4 Å². The van der Waals surface area contributed by atoms with Crippen LogP contribution in [0.5, 0.6) is 5.88 Å². The molecule has 0 saturated carbocycles. The fourth-order valence-corrected chi connectivity index (χ4v) is 3.23. The Morgan fingerprint density at radius 2 is 2.17 bits per heavy atom. The zero-order valence-corrected chi connectivity index (χ0v) is 13.6. The van der Waals surface area contributed by atoms with Crippen LogP contribution in [0, 0.1) is 0 Å². The Morgan fingerprint density at radius 3 is 2.78 bits per heavy atom. The molecule has 0 saturated heterocycles. The number of carbonyl (C=O) groups excluding carboxylic acids is 1. The van der Waals surface area contributed by atoms with E-state index in [1.807, 2.05) is 31.3 Å². The summed E-state index contributed by atoms with van der Waals surface area (Å²) in [6.45, 7) is 2.03. The molecule has 3 aromatic rings. The molecule has 0 fully saturated rings. The monoisotopic (exact) mass is 328 g/mol. The molecule has 0 aromatic carbocycles. The lowest BCUT2D eigenvalue weighted by atomic mass is 10.1. The Bertz CT molecular complexity index is 858. The van der Waals surface area contributed by atoms with Gasteiger partial charge >= 0.3 is 0 Å². The highest BCUT2D eigenvalue weighted by molar-refractivity contribution is 7.99. The van der Waals surface area contributed by atoms with Crippen molar-refractivity contribution in [1.29, 1.82) is 0 Å². The number of fused-ring (bicyclic) bond motifs is 1. The number of nitrogens with two attached hydrogens (primary N) is 1. The molecule has 3 aromatic heterocycles. The molecule has 118 valence electrons. The average Bonchev–Trinajstić information content (AvgIpc) is 2.99. The minimum atomic E-state index is -0.468. The average molecular weight is 328 g/mol. The third-order valence-electron chi connectivity index (χ3n) is 3.42. The summed E-state index contributed by atoms with van der Waals surface area (Å²) in [5, 5.41) is 4.28. The first kappa shape index (κ1) is 15.4. The number of rotatable bonds is 5. The minimum Gasteiger partial charge on any atom is -0.481 e. The minimum absolute atomic E-state index is 0.446. The third kappa shape index (κ3) is 2.87. The lowest BCUT2D eigenvalue weighted by Gasteiger charge is -2.06. The van der Waals surface area contributed by atoms with Gasteiger partial charge < -0.3 is 10.5 Å². The van der Waals surface area contributed by atoms with Gasteiger partial charge in [0.2, 0.25) is 5.88 Å². The molecular weight excluding hydrogens is 312 g/mol. The second-order valence-electron chi connectivity index (χ2n) is 4.83. The maximum Gasteiger partial charge on any atom is 0.251 e. The van der Waals surface area contributed by atoms with Gasteiger partial charge in [-0.15, -0.1) is 11.8 Å². The van der Waals surface area contributed by atoms with Gasteiger partial charge in [-0.25, -0.2) is 9.50 Å². The lowest BCUT2D eigenvalue weighted by molar-refractivity contribution is 0.0997. The van der Waals surface area contributed by atoms with E-state index in [2.05, 4.69) is 10.1 Å². The van der Waals surface area contributed by atoms with E-state index in [0.29, 0.717) is 11.4 Å². The molecule has 0 aliphatic heterocycles. The molecule has 3 heterocycles. The predicted molar refractivity (Wildman–Crippen MR) is 89.9 cm³/mol. The summed E-state index contributed by atoms with van der Waals surface area (Å²) in [5.41, 5.74) is 8.68. The molecule has 2 N–H and O–H groups in total. The Balaban J connectivity index is 2.13. The highest BCUT2D eigenvalue weighted by Crippen LogP contribution is 2.31. The molecule has 3 rings (SSSR count). The van der Waals surface area contributed by atoms with E-state index in [9.17, 15) is 4.79 Å². The van der Waals surface area contributed by atoms with E-state index in [1.54, 1.807) is 29.6 Å². The smallest absolute Gasteiger partial charge is 0.251 e. The second kappa shape index (κ2) is 6.29. The van der Waals surface area contributed by atoms with E-state index >= 15 is 0 Å². The Morgan fingerprint density at radius 1 is 1.35 bits per heavy atom. The molecule has 0 atom stereocenters. The highest BCUT2D eigenvalue weighted by Gasteiger charge is 2.15. The molecule has 0 aliphatic rings. The van der Waals surface area contributed by atoms with Gasteiger partial charge in [0.15, 0.2) is 0 Å². The number of carbonyl (C=O) groups is 1. The number of hydrogen-bond acceptors (Lipinski definition) is 5. The Kier molecular flexibility index (Phi) is 4.20. The fraction of sp³-hybridized carbons (Fsp3) is 0.188. The second-order valence-corrected chi connectivity index (χ2v) is 6.11. The van der Waals surface area contributed by atoms with Crippen molar-refractivity contribution in [2.45, 2.75) is 11.8 Å². The first-order chi connectivity index (χ1) is 11.1. The topological polar surface area (TPSA) is 82.5 Å². The number of pyridine rings is 1. The number of ether oxygens (including phenoxy) is 1. The maximum absolute atomic E-state index is 11.6. The maximum atomic E-state index is 11.6. The van der Waals surface area contributed by atoms with Crippen LogP contribution in [0.15, 0.2) is 41.7 Å². The summed E-state index contributed by atoms with van der Waals surface area (Å²) in [6.07, 6.45) is 5.17. The van der Waals surface area contributed by atoms with Gasteiger partial charge in [-0.3, -0.25) is 4.79 Å². The van der Waals surface area contributed by atoms with Crippen molar-refractivity contribution in [1.82, 2.24) is 14.6 Å². The number of nitrogens with zero attached hydrogens (tertiary/aromatic N) is 3. The molecule has 1 amide bonds. The molecule has 23 heavy (non-hydrogen) atoms. The SMILES string of the molecule is CCSc1c(C(N)=O)cnn2cc(-c3ccc(OC)nc3)cc12. The summed E-state index contributed by atoms with van der Waals surface area (Å²) >= 11 is 1.58. The molecule has 0 aliphatic carbocycles. The van der Waals surface area contributed by atoms with E-state index in [1.165, 1.54) is 6.20 Å².